The molecule has 2 aromatic rings. The Bertz CT molecular complexity index is 456. The number of thioether (sulfide) groups is 1. The van der Waals surface area contributed by atoms with Gasteiger partial charge in [-0.2, -0.15) is 0 Å². The number of rotatable bonds is 6. The van der Waals surface area contributed by atoms with E-state index in [1.54, 1.807) is 11.8 Å². The van der Waals surface area contributed by atoms with Crippen molar-refractivity contribution in [1.82, 2.24) is 0 Å². The number of benzene rings is 2. The van der Waals surface area contributed by atoms with Crippen LogP contribution in [0, 0.1) is 0 Å². The fourth-order valence-electron chi connectivity index (χ4n) is 1.51. The maximum Gasteiger partial charge on any atom is 0.119 e. The molecule has 0 aromatic heterocycles. The van der Waals surface area contributed by atoms with E-state index in [0.29, 0.717) is 12.5 Å². The lowest BCUT2D eigenvalue weighted by atomic mass is 10.2. The highest BCUT2D eigenvalue weighted by Gasteiger charge is 1.96. The van der Waals surface area contributed by atoms with Crippen LogP contribution in [-0.2, 0) is 5.88 Å². The van der Waals surface area contributed by atoms with Gasteiger partial charge in [-0.25, -0.2) is 0 Å². The lowest BCUT2D eigenvalue weighted by Crippen LogP contribution is -1.99. The third-order valence-electron chi connectivity index (χ3n) is 2.44. The van der Waals surface area contributed by atoms with Crippen molar-refractivity contribution in [2.24, 2.45) is 0 Å². The number of alkyl halides is 1. The standard InChI is InChI=1S/C15H15ClOS/c16-12-13-6-8-15(9-7-13)18-11-10-17-14-4-2-1-3-5-14/h1-9H,10-12H2. The molecule has 0 bridgehead atoms. The van der Waals surface area contributed by atoms with Gasteiger partial charge in [-0.05, 0) is 29.8 Å². The molecule has 2 rings (SSSR count). The van der Waals surface area contributed by atoms with Crippen molar-refractivity contribution >= 4 is 23.4 Å². The zero-order chi connectivity index (χ0) is 12.6. The average Bonchev–Trinajstić information content (AvgIpc) is 2.45. The molecule has 0 aliphatic carbocycles. The molecular formula is C15H15ClOS. The maximum atomic E-state index is 5.75. The fourth-order valence-corrected chi connectivity index (χ4v) is 2.42. The molecule has 0 unspecified atom stereocenters. The van der Waals surface area contributed by atoms with Gasteiger partial charge in [-0.3, -0.25) is 0 Å². The van der Waals surface area contributed by atoms with Crippen LogP contribution in [-0.4, -0.2) is 12.4 Å². The van der Waals surface area contributed by atoms with Crippen LogP contribution in [0.4, 0.5) is 0 Å². The monoisotopic (exact) mass is 278 g/mol. The van der Waals surface area contributed by atoms with Crippen molar-refractivity contribution in [3.8, 4) is 5.75 Å². The molecule has 0 N–H and O–H groups in total. The zero-order valence-corrected chi connectivity index (χ0v) is 11.6. The van der Waals surface area contributed by atoms with Crippen LogP contribution in [0.25, 0.3) is 0 Å². The van der Waals surface area contributed by atoms with Crippen molar-refractivity contribution in [2.45, 2.75) is 10.8 Å². The molecule has 2 aromatic carbocycles. The van der Waals surface area contributed by atoms with Crippen LogP contribution >= 0.6 is 23.4 Å². The Kier molecular flexibility index (Phi) is 5.43. The van der Waals surface area contributed by atoms with E-state index in [0.717, 1.165) is 17.1 Å². The van der Waals surface area contributed by atoms with E-state index >= 15 is 0 Å². The summed E-state index contributed by atoms with van der Waals surface area (Å²) in [5.74, 6) is 2.44. The molecule has 18 heavy (non-hydrogen) atoms. The SMILES string of the molecule is ClCc1ccc(SCCOc2ccccc2)cc1. The van der Waals surface area contributed by atoms with Gasteiger partial charge >= 0.3 is 0 Å². The van der Waals surface area contributed by atoms with Crippen LogP contribution in [0.1, 0.15) is 5.56 Å². The highest BCUT2D eigenvalue weighted by Crippen LogP contribution is 2.19. The smallest absolute Gasteiger partial charge is 0.119 e. The second kappa shape index (κ2) is 7.34. The predicted octanol–water partition coefficient (Wildman–Crippen LogP) is 4.60. The van der Waals surface area contributed by atoms with Crippen molar-refractivity contribution in [2.75, 3.05) is 12.4 Å². The summed E-state index contributed by atoms with van der Waals surface area (Å²) in [5.41, 5.74) is 1.15. The topological polar surface area (TPSA) is 9.23 Å². The molecule has 0 saturated heterocycles. The minimum absolute atomic E-state index is 0.571. The van der Waals surface area contributed by atoms with Crippen molar-refractivity contribution in [1.29, 1.82) is 0 Å². The van der Waals surface area contributed by atoms with Crippen molar-refractivity contribution in [3.05, 3.63) is 60.2 Å². The number of para-hydroxylation sites is 1. The summed E-state index contributed by atoms with van der Waals surface area (Å²) in [6.07, 6.45) is 0. The van der Waals surface area contributed by atoms with Gasteiger partial charge in [-0.15, -0.1) is 23.4 Å². The lowest BCUT2D eigenvalue weighted by Gasteiger charge is -2.06. The maximum absolute atomic E-state index is 5.75. The van der Waals surface area contributed by atoms with Gasteiger partial charge in [0.2, 0.25) is 0 Å². The Morgan fingerprint density at radius 2 is 1.67 bits per heavy atom. The molecule has 1 nitrogen and oxygen atoms in total. The Hall–Kier alpha value is -1.12. The Morgan fingerprint density at radius 3 is 2.33 bits per heavy atom. The third-order valence-corrected chi connectivity index (χ3v) is 3.73. The molecule has 0 radical (unpaired) electrons. The third kappa shape index (κ3) is 4.28. The van der Waals surface area contributed by atoms with Gasteiger partial charge in [0, 0.05) is 16.5 Å². The van der Waals surface area contributed by atoms with E-state index in [-0.39, 0.29) is 0 Å². The van der Waals surface area contributed by atoms with E-state index in [9.17, 15) is 0 Å². The van der Waals surface area contributed by atoms with Crippen LogP contribution in [0.3, 0.4) is 0 Å². The number of hydrogen-bond donors (Lipinski definition) is 0. The van der Waals surface area contributed by atoms with Gasteiger partial charge < -0.3 is 4.74 Å². The average molecular weight is 279 g/mol. The van der Waals surface area contributed by atoms with E-state index in [1.165, 1.54) is 4.90 Å². The van der Waals surface area contributed by atoms with Crippen LogP contribution in [0.15, 0.2) is 59.5 Å². The second-order valence-corrected chi connectivity index (χ2v) is 5.22. The predicted molar refractivity (Wildman–Crippen MR) is 78.7 cm³/mol. The van der Waals surface area contributed by atoms with Gasteiger partial charge in [0.25, 0.3) is 0 Å². The molecule has 94 valence electrons. The van der Waals surface area contributed by atoms with E-state index in [4.69, 9.17) is 16.3 Å². The molecule has 0 spiro atoms. The molecule has 0 atom stereocenters. The molecular weight excluding hydrogens is 264 g/mol. The van der Waals surface area contributed by atoms with E-state index in [2.05, 4.69) is 24.3 Å². The van der Waals surface area contributed by atoms with Crippen molar-refractivity contribution in [3.63, 3.8) is 0 Å². The largest absolute Gasteiger partial charge is 0.493 e. The summed E-state index contributed by atoms with van der Waals surface area (Å²) >= 11 is 7.54. The molecule has 0 amide bonds. The quantitative estimate of drug-likeness (QED) is 0.434. The van der Waals surface area contributed by atoms with E-state index in [1.807, 2.05) is 30.3 Å². The van der Waals surface area contributed by atoms with Gasteiger partial charge in [0.15, 0.2) is 0 Å². The summed E-state index contributed by atoms with van der Waals surface area (Å²) in [7, 11) is 0. The Morgan fingerprint density at radius 1 is 0.944 bits per heavy atom. The first kappa shape index (κ1) is 13.3. The highest BCUT2D eigenvalue weighted by molar-refractivity contribution is 7.99. The summed E-state index contributed by atoms with van der Waals surface area (Å²) in [5, 5.41) is 0. The summed E-state index contributed by atoms with van der Waals surface area (Å²) in [4.78, 5) is 1.25. The minimum atomic E-state index is 0.571. The van der Waals surface area contributed by atoms with Crippen LogP contribution in [0.5, 0.6) is 5.75 Å². The van der Waals surface area contributed by atoms with Gasteiger partial charge in [0.05, 0.1) is 6.61 Å². The molecule has 0 fully saturated rings. The molecule has 0 aliphatic heterocycles. The first-order valence-corrected chi connectivity index (χ1v) is 7.36. The number of hydrogen-bond acceptors (Lipinski definition) is 2. The summed E-state index contributed by atoms with van der Waals surface area (Å²) < 4.78 is 5.63. The second-order valence-electron chi connectivity index (χ2n) is 3.79. The minimum Gasteiger partial charge on any atom is -0.493 e. The van der Waals surface area contributed by atoms with Gasteiger partial charge in [-0.1, -0.05) is 30.3 Å². The Balaban J connectivity index is 1.72. The number of halogens is 1. The van der Waals surface area contributed by atoms with E-state index < -0.39 is 0 Å². The molecule has 3 heteroatoms. The number of ether oxygens (including phenoxy) is 1. The van der Waals surface area contributed by atoms with Gasteiger partial charge in [0.1, 0.15) is 5.75 Å². The Labute approximate surface area is 117 Å². The zero-order valence-electron chi connectivity index (χ0n) is 10.0. The molecule has 0 aliphatic rings. The highest BCUT2D eigenvalue weighted by atomic mass is 35.5. The fraction of sp³-hybridized carbons (Fsp3) is 0.200. The van der Waals surface area contributed by atoms with Crippen molar-refractivity contribution < 1.29 is 4.74 Å². The van der Waals surface area contributed by atoms with Crippen LogP contribution in [0.2, 0.25) is 0 Å². The van der Waals surface area contributed by atoms with Crippen LogP contribution < -0.4 is 4.74 Å². The first-order valence-electron chi connectivity index (χ1n) is 5.84. The molecule has 0 heterocycles. The summed E-state index contributed by atoms with van der Waals surface area (Å²) in [6, 6.07) is 18.2. The molecule has 0 saturated carbocycles. The lowest BCUT2D eigenvalue weighted by molar-refractivity contribution is 0.344. The normalized spacial score (nSPS) is 10.3. The first-order chi connectivity index (χ1) is 8.88. The summed E-state index contributed by atoms with van der Waals surface area (Å²) in [6.45, 7) is 0.714.